The Kier molecular flexibility index (Phi) is 3.77. The summed E-state index contributed by atoms with van der Waals surface area (Å²) in [7, 11) is 0. The molecule has 0 atom stereocenters. The third-order valence-electron chi connectivity index (χ3n) is 2.58. The molecule has 2 rings (SSSR count). The van der Waals surface area contributed by atoms with Gasteiger partial charge in [-0.15, -0.1) is 0 Å². The van der Waals surface area contributed by atoms with Crippen LogP contribution in [-0.4, -0.2) is 22.4 Å². The minimum absolute atomic E-state index is 0.152. The van der Waals surface area contributed by atoms with E-state index in [9.17, 15) is 4.79 Å². The first kappa shape index (κ1) is 12.4. The van der Waals surface area contributed by atoms with E-state index in [1.165, 1.54) is 5.56 Å². The van der Waals surface area contributed by atoms with E-state index in [4.69, 9.17) is 4.74 Å². The van der Waals surface area contributed by atoms with Gasteiger partial charge in [-0.2, -0.15) is 5.10 Å². The zero-order valence-corrected chi connectivity index (χ0v) is 10.6. The Labute approximate surface area is 106 Å². The zero-order chi connectivity index (χ0) is 13.0. The predicted molar refractivity (Wildman–Crippen MR) is 69.0 cm³/mol. The molecular weight excluding hydrogens is 228 g/mol. The second kappa shape index (κ2) is 5.49. The van der Waals surface area contributed by atoms with Crippen molar-refractivity contribution < 1.29 is 9.53 Å². The van der Waals surface area contributed by atoms with Crippen molar-refractivity contribution in [3.63, 3.8) is 0 Å². The minimum atomic E-state index is -0.267. The van der Waals surface area contributed by atoms with Gasteiger partial charge in [0.05, 0.1) is 12.8 Å². The van der Waals surface area contributed by atoms with Crippen molar-refractivity contribution in [2.45, 2.75) is 20.4 Å². The Hall–Kier alpha value is -2.10. The predicted octanol–water partition coefficient (Wildman–Crippen LogP) is 2.42. The van der Waals surface area contributed by atoms with E-state index in [-0.39, 0.29) is 12.5 Å². The topological polar surface area (TPSA) is 44.1 Å². The van der Waals surface area contributed by atoms with Crippen molar-refractivity contribution in [1.29, 1.82) is 0 Å². The fourth-order valence-electron chi connectivity index (χ4n) is 1.76. The van der Waals surface area contributed by atoms with E-state index in [2.05, 4.69) is 11.2 Å². The maximum Gasteiger partial charge on any atom is 0.327 e. The Morgan fingerprint density at radius 1 is 1.39 bits per heavy atom. The molecule has 0 N–H and O–H groups in total. The summed E-state index contributed by atoms with van der Waals surface area (Å²) < 4.78 is 6.47. The lowest BCUT2D eigenvalue weighted by Crippen LogP contribution is -2.13. The number of aromatic nitrogens is 2. The van der Waals surface area contributed by atoms with Gasteiger partial charge in [0, 0.05) is 11.8 Å². The van der Waals surface area contributed by atoms with E-state index >= 15 is 0 Å². The molecule has 94 valence electrons. The van der Waals surface area contributed by atoms with Crippen molar-refractivity contribution in [3.05, 3.63) is 42.2 Å². The van der Waals surface area contributed by atoms with Crippen LogP contribution in [0.4, 0.5) is 0 Å². The highest BCUT2D eigenvalue weighted by atomic mass is 16.5. The lowest BCUT2D eigenvalue weighted by Gasteiger charge is -2.01. The first-order valence-corrected chi connectivity index (χ1v) is 5.94. The van der Waals surface area contributed by atoms with E-state index < -0.39 is 0 Å². The SMILES string of the molecule is CCOC(=O)Cn1cc(-c2cccc(C)c2)cn1. The van der Waals surface area contributed by atoms with Crippen LogP contribution in [0.5, 0.6) is 0 Å². The molecular formula is C14H16N2O2. The molecule has 0 aliphatic heterocycles. The molecule has 0 saturated carbocycles. The highest BCUT2D eigenvalue weighted by molar-refractivity contribution is 5.69. The molecule has 18 heavy (non-hydrogen) atoms. The Morgan fingerprint density at radius 2 is 2.22 bits per heavy atom. The highest BCUT2D eigenvalue weighted by Crippen LogP contribution is 2.19. The monoisotopic (exact) mass is 244 g/mol. The van der Waals surface area contributed by atoms with E-state index in [1.54, 1.807) is 17.8 Å². The van der Waals surface area contributed by atoms with Gasteiger partial charge in [-0.25, -0.2) is 0 Å². The van der Waals surface area contributed by atoms with Crippen LogP contribution in [0.25, 0.3) is 11.1 Å². The number of benzene rings is 1. The summed E-state index contributed by atoms with van der Waals surface area (Å²) in [6.07, 6.45) is 3.61. The normalized spacial score (nSPS) is 10.3. The number of ether oxygens (including phenoxy) is 1. The van der Waals surface area contributed by atoms with Gasteiger partial charge < -0.3 is 4.74 Å². The van der Waals surface area contributed by atoms with E-state index in [1.807, 2.05) is 31.3 Å². The summed E-state index contributed by atoms with van der Waals surface area (Å²) in [4.78, 5) is 11.3. The van der Waals surface area contributed by atoms with Gasteiger partial charge in [0.15, 0.2) is 0 Å². The molecule has 2 aromatic rings. The third kappa shape index (κ3) is 2.97. The minimum Gasteiger partial charge on any atom is -0.465 e. The number of hydrogen-bond acceptors (Lipinski definition) is 3. The molecule has 0 bridgehead atoms. The second-order valence-electron chi connectivity index (χ2n) is 4.10. The first-order valence-electron chi connectivity index (χ1n) is 5.94. The van der Waals surface area contributed by atoms with Crippen LogP contribution in [-0.2, 0) is 16.1 Å². The summed E-state index contributed by atoms with van der Waals surface area (Å²) in [6.45, 7) is 4.39. The van der Waals surface area contributed by atoms with Crippen LogP contribution in [0.3, 0.4) is 0 Å². The molecule has 1 heterocycles. The lowest BCUT2D eigenvalue weighted by atomic mass is 10.1. The summed E-state index contributed by atoms with van der Waals surface area (Å²) in [6, 6.07) is 8.17. The molecule has 4 heteroatoms. The molecule has 0 spiro atoms. The number of hydrogen-bond donors (Lipinski definition) is 0. The van der Waals surface area contributed by atoms with Crippen molar-refractivity contribution >= 4 is 5.97 Å². The van der Waals surface area contributed by atoms with Gasteiger partial charge in [-0.1, -0.05) is 29.8 Å². The highest BCUT2D eigenvalue weighted by Gasteiger charge is 2.06. The van der Waals surface area contributed by atoms with Gasteiger partial charge in [0.1, 0.15) is 6.54 Å². The standard InChI is InChI=1S/C14H16N2O2/c1-3-18-14(17)10-16-9-13(8-15-16)12-6-4-5-11(2)7-12/h4-9H,3,10H2,1-2H3. The fourth-order valence-corrected chi connectivity index (χ4v) is 1.76. The van der Waals surface area contributed by atoms with Gasteiger partial charge in [-0.05, 0) is 19.4 Å². The number of carbonyl (C=O) groups is 1. The maximum atomic E-state index is 11.3. The van der Waals surface area contributed by atoms with Crippen molar-refractivity contribution in [3.8, 4) is 11.1 Å². The van der Waals surface area contributed by atoms with E-state index in [0.717, 1.165) is 11.1 Å². The number of aryl methyl sites for hydroxylation is 1. The molecule has 0 amide bonds. The van der Waals surface area contributed by atoms with Gasteiger partial charge >= 0.3 is 5.97 Å². The third-order valence-corrected chi connectivity index (χ3v) is 2.58. The number of rotatable bonds is 4. The van der Waals surface area contributed by atoms with Gasteiger partial charge in [0.25, 0.3) is 0 Å². The van der Waals surface area contributed by atoms with Gasteiger partial charge in [-0.3, -0.25) is 9.48 Å². The van der Waals surface area contributed by atoms with Crippen LogP contribution in [0.2, 0.25) is 0 Å². The first-order chi connectivity index (χ1) is 8.69. The zero-order valence-electron chi connectivity index (χ0n) is 10.6. The van der Waals surface area contributed by atoms with Crippen molar-refractivity contribution in [1.82, 2.24) is 9.78 Å². The number of esters is 1. The summed E-state index contributed by atoms with van der Waals surface area (Å²) in [5.41, 5.74) is 3.30. The average molecular weight is 244 g/mol. The van der Waals surface area contributed by atoms with Crippen LogP contribution in [0.1, 0.15) is 12.5 Å². The molecule has 0 unspecified atom stereocenters. The Morgan fingerprint density at radius 3 is 2.94 bits per heavy atom. The summed E-state index contributed by atoms with van der Waals surface area (Å²) >= 11 is 0. The molecule has 0 fully saturated rings. The van der Waals surface area contributed by atoms with Crippen LogP contribution in [0, 0.1) is 6.92 Å². The molecule has 1 aromatic carbocycles. The Balaban J connectivity index is 2.13. The molecule has 4 nitrogen and oxygen atoms in total. The molecule has 0 aliphatic rings. The quantitative estimate of drug-likeness (QED) is 0.776. The van der Waals surface area contributed by atoms with Crippen LogP contribution >= 0.6 is 0 Å². The van der Waals surface area contributed by atoms with E-state index in [0.29, 0.717) is 6.61 Å². The van der Waals surface area contributed by atoms with Crippen molar-refractivity contribution in [2.75, 3.05) is 6.61 Å². The lowest BCUT2D eigenvalue weighted by molar-refractivity contribution is -0.144. The number of carbonyl (C=O) groups excluding carboxylic acids is 1. The summed E-state index contributed by atoms with van der Waals surface area (Å²) in [5, 5.41) is 4.16. The molecule has 0 saturated heterocycles. The Bertz CT molecular complexity index is 546. The molecule has 1 aromatic heterocycles. The summed E-state index contributed by atoms with van der Waals surface area (Å²) in [5.74, 6) is -0.267. The number of nitrogens with zero attached hydrogens (tertiary/aromatic N) is 2. The van der Waals surface area contributed by atoms with Gasteiger partial charge in [0.2, 0.25) is 0 Å². The second-order valence-corrected chi connectivity index (χ2v) is 4.10. The molecule has 0 aliphatic carbocycles. The largest absolute Gasteiger partial charge is 0.465 e. The maximum absolute atomic E-state index is 11.3. The van der Waals surface area contributed by atoms with Crippen molar-refractivity contribution in [2.24, 2.45) is 0 Å². The average Bonchev–Trinajstić information content (AvgIpc) is 2.78. The van der Waals surface area contributed by atoms with Crippen LogP contribution < -0.4 is 0 Å². The smallest absolute Gasteiger partial charge is 0.327 e. The van der Waals surface area contributed by atoms with Crippen LogP contribution in [0.15, 0.2) is 36.7 Å². The molecule has 0 radical (unpaired) electrons. The fraction of sp³-hybridized carbons (Fsp3) is 0.286.